The molecule has 0 N–H and O–H groups in total. The molecule has 0 saturated heterocycles. The number of carbonyl (C=O) groups is 1. The van der Waals surface area contributed by atoms with Crippen LogP contribution < -0.4 is 0 Å². The first-order valence-corrected chi connectivity index (χ1v) is 4.26. The Bertz CT molecular complexity index is 279. The van der Waals surface area contributed by atoms with Gasteiger partial charge in [-0.2, -0.15) is 4.99 Å². The van der Waals surface area contributed by atoms with Gasteiger partial charge >= 0.3 is 5.97 Å². The monoisotopic (exact) mass is 183 g/mol. The highest BCUT2D eigenvalue weighted by atomic mass is 16.5. The molecule has 1 unspecified atom stereocenters. The molecule has 4 heteroatoms. The fourth-order valence-electron chi connectivity index (χ4n) is 1.51. The van der Waals surface area contributed by atoms with E-state index in [4.69, 9.17) is 4.74 Å². The number of hydrogen-bond donors (Lipinski definition) is 0. The second kappa shape index (κ2) is 2.96. The molecule has 0 spiro atoms. The Kier molecular flexibility index (Phi) is 2.26. The molecule has 13 heavy (non-hydrogen) atoms. The van der Waals surface area contributed by atoms with Crippen molar-refractivity contribution in [1.82, 2.24) is 0 Å². The molecule has 1 atom stereocenters. The molecule has 1 aliphatic carbocycles. The van der Waals surface area contributed by atoms with Crippen LogP contribution in [0.25, 0.3) is 0 Å². The summed E-state index contributed by atoms with van der Waals surface area (Å²) < 4.78 is 4.85. The molecule has 0 aromatic heterocycles. The zero-order valence-corrected chi connectivity index (χ0v) is 8.09. The van der Waals surface area contributed by atoms with Gasteiger partial charge in [0.25, 0.3) is 0 Å². The number of hydrogen-bond acceptors (Lipinski definition) is 4. The number of aliphatic imine (C=N–C) groups is 1. The maximum Gasteiger partial charge on any atom is 0.335 e. The summed E-state index contributed by atoms with van der Waals surface area (Å²) >= 11 is 0. The zero-order chi connectivity index (χ0) is 10.1. The average Bonchev–Trinajstić information content (AvgIpc) is 2.56. The SMILES string of the molecule is CCOC(=O)C1(N=C=O)CC1(C)C. The first kappa shape index (κ1) is 9.93. The highest BCUT2D eigenvalue weighted by molar-refractivity contribution is 5.87. The molecular weight excluding hydrogens is 170 g/mol. The molecule has 1 rings (SSSR count). The van der Waals surface area contributed by atoms with E-state index in [0.717, 1.165) is 0 Å². The Balaban J connectivity index is 2.84. The standard InChI is InChI=1S/C9H13NO3/c1-4-13-7(12)9(10-6-11)5-8(9,2)3/h4-5H2,1-3H3. The van der Waals surface area contributed by atoms with Crippen LogP contribution in [-0.2, 0) is 14.3 Å². The van der Waals surface area contributed by atoms with Crippen LogP contribution in [0.1, 0.15) is 27.2 Å². The third-order valence-corrected chi connectivity index (χ3v) is 2.54. The number of rotatable bonds is 3. The van der Waals surface area contributed by atoms with Gasteiger partial charge in [-0.1, -0.05) is 13.8 Å². The van der Waals surface area contributed by atoms with Crippen LogP contribution in [0.4, 0.5) is 0 Å². The summed E-state index contributed by atoms with van der Waals surface area (Å²) in [5, 5.41) is 0. The molecule has 4 nitrogen and oxygen atoms in total. The van der Waals surface area contributed by atoms with Crippen LogP contribution in [0, 0.1) is 5.41 Å². The third kappa shape index (κ3) is 1.38. The van der Waals surface area contributed by atoms with E-state index >= 15 is 0 Å². The van der Waals surface area contributed by atoms with Gasteiger partial charge in [0.1, 0.15) is 0 Å². The van der Waals surface area contributed by atoms with E-state index in [1.165, 1.54) is 6.08 Å². The van der Waals surface area contributed by atoms with Crippen molar-refractivity contribution in [3.05, 3.63) is 0 Å². The lowest BCUT2D eigenvalue weighted by Crippen LogP contribution is -2.28. The van der Waals surface area contributed by atoms with E-state index in [0.29, 0.717) is 13.0 Å². The summed E-state index contributed by atoms with van der Waals surface area (Å²) in [5.41, 5.74) is -1.22. The Morgan fingerprint density at radius 2 is 2.15 bits per heavy atom. The van der Waals surface area contributed by atoms with Crippen LogP contribution >= 0.6 is 0 Å². The zero-order valence-electron chi connectivity index (χ0n) is 8.09. The van der Waals surface area contributed by atoms with Gasteiger partial charge in [0.15, 0.2) is 5.54 Å². The maximum absolute atomic E-state index is 11.4. The van der Waals surface area contributed by atoms with Crippen LogP contribution in [0.5, 0.6) is 0 Å². The van der Waals surface area contributed by atoms with Crippen molar-refractivity contribution >= 4 is 12.0 Å². The van der Waals surface area contributed by atoms with E-state index in [9.17, 15) is 9.59 Å². The van der Waals surface area contributed by atoms with E-state index in [2.05, 4.69) is 4.99 Å². The van der Waals surface area contributed by atoms with Gasteiger partial charge in [-0.3, -0.25) is 0 Å². The van der Waals surface area contributed by atoms with Gasteiger partial charge in [-0.15, -0.1) is 0 Å². The highest BCUT2D eigenvalue weighted by Crippen LogP contribution is 2.58. The minimum Gasteiger partial charge on any atom is -0.464 e. The third-order valence-electron chi connectivity index (χ3n) is 2.54. The van der Waals surface area contributed by atoms with E-state index in [-0.39, 0.29) is 5.41 Å². The van der Waals surface area contributed by atoms with Crippen molar-refractivity contribution in [2.75, 3.05) is 6.61 Å². The molecule has 0 amide bonds. The topological polar surface area (TPSA) is 55.7 Å². The molecule has 0 aromatic rings. The summed E-state index contributed by atoms with van der Waals surface area (Å²) in [5.74, 6) is -0.414. The predicted molar refractivity (Wildman–Crippen MR) is 45.9 cm³/mol. The van der Waals surface area contributed by atoms with E-state index in [1.54, 1.807) is 6.92 Å². The maximum atomic E-state index is 11.4. The molecule has 72 valence electrons. The Labute approximate surface area is 77.0 Å². The lowest BCUT2D eigenvalue weighted by Gasteiger charge is -2.11. The summed E-state index contributed by atoms with van der Waals surface area (Å²) in [7, 11) is 0. The molecule has 1 fully saturated rings. The van der Waals surface area contributed by atoms with Gasteiger partial charge < -0.3 is 4.74 Å². The number of esters is 1. The molecule has 1 aliphatic rings. The Morgan fingerprint density at radius 1 is 1.62 bits per heavy atom. The van der Waals surface area contributed by atoms with Gasteiger partial charge in [0.05, 0.1) is 6.61 Å². The molecule has 0 radical (unpaired) electrons. The van der Waals surface area contributed by atoms with Crippen molar-refractivity contribution in [2.45, 2.75) is 32.7 Å². The number of ether oxygens (including phenoxy) is 1. The number of isocyanates is 1. The van der Waals surface area contributed by atoms with Crippen molar-refractivity contribution in [1.29, 1.82) is 0 Å². The van der Waals surface area contributed by atoms with Gasteiger partial charge in [-0.05, 0) is 13.3 Å². The predicted octanol–water partition coefficient (Wildman–Crippen LogP) is 1.05. The summed E-state index contributed by atoms with van der Waals surface area (Å²) in [4.78, 5) is 25.2. The average molecular weight is 183 g/mol. The van der Waals surface area contributed by atoms with E-state index in [1.807, 2.05) is 13.8 Å². The molecule has 0 heterocycles. The van der Waals surface area contributed by atoms with Crippen LogP contribution in [0.2, 0.25) is 0 Å². The fraction of sp³-hybridized carbons (Fsp3) is 0.778. The second-order valence-electron chi connectivity index (χ2n) is 3.84. The Hall–Kier alpha value is -1.15. The van der Waals surface area contributed by atoms with Crippen molar-refractivity contribution in [3.8, 4) is 0 Å². The highest BCUT2D eigenvalue weighted by Gasteiger charge is 2.68. The first-order valence-electron chi connectivity index (χ1n) is 4.26. The minimum absolute atomic E-state index is 0.267. The van der Waals surface area contributed by atoms with Crippen molar-refractivity contribution < 1.29 is 14.3 Å². The van der Waals surface area contributed by atoms with Crippen LogP contribution in [0.3, 0.4) is 0 Å². The lowest BCUT2D eigenvalue weighted by molar-refractivity contribution is -0.146. The number of nitrogens with zero attached hydrogens (tertiary/aromatic N) is 1. The summed E-state index contributed by atoms with van der Waals surface area (Å²) in [6.07, 6.45) is 2.00. The first-order chi connectivity index (χ1) is 6.00. The largest absolute Gasteiger partial charge is 0.464 e. The minimum atomic E-state index is -0.954. The smallest absolute Gasteiger partial charge is 0.335 e. The molecule has 1 saturated carbocycles. The molecule has 0 aromatic carbocycles. The normalized spacial score (nSPS) is 28.8. The summed E-state index contributed by atoms with van der Waals surface area (Å²) in [6, 6.07) is 0. The second-order valence-corrected chi connectivity index (χ2v) is 3.84. The molecular formula is C9H13NO3. The number of carbonyl (C=O) groups excluding carboxylic acids is 2. The summed E-state index contributed by atoms with van der Waals surface area (Å²) in [6.45, 7) is 5.80. The van der Waals surface area contributed by atoms with Gasteiger partial charge in [-0.25, -0.2) is 9.59 Å². The van der Waals surface area contributed by atoms with Crippen LogP contribution in [-0.4, -0.2) is 24.2 Å². The molecule has 0 aliphatic heterocycles. The van der Waals surface area contributed by atoms with Gasteiger partial charge in [0, 0.05) is 5.41 Å². The lowest BCUT2D eigenvalue weighted by atomic mass is 10.1. The van der Waals surface area contributed by atoms with E-state index < -0.39 is 11.5 Å². The fourth-order valence-corrected chi connectivity index (χ4v) is 1.51. The quantitative estimate of drug-likeness (QED) is 0.373. The molecule has 0 bridgehead atoms. The Morgan fingerprint density at radius 3 is 2.46 bits per heavy atom. The van der Waals surface area contributed by atoms with Gasteiger partial charge in [0.2, 0.25) is 6.08 Å². The van der Waals surface area contributed by atoms with Crippen LogP contribution in [0.15, 0.2) is 4.99 Å². The van der Waals surface area contributed by atoms with Crippen molar-refractivity contribution in [3.63, 3.8) is 0 Å². The van der Waals surface area contributed by atoms with Crippen molar-refractivity contribution in [2.24, 2.45) is 10.4 Å².